The molecule has 3 aromatic rings. The van der Waals surface area contributed by atoms with Gasteiger partial charge in [-0.25, -0.2) is 14.2 Å². The molecular formula is C24H24FN3O3. The number of pyridine rings is 1. The molecule has 1 aliphatic rings. The molecule has 3 heterocycles. The zero-order valence-electron chi connectivity index (χ0n) is 17.9. The molecule has 0 spiro atoms. The van der Waals surface area contributed by atoms with Crippen LogP contribution in [-0.4, -0.2) is 39.4 Å². The SMILES string of the molecule is Cc1cc(C(=O)N2C=C(C(=O)OC(C)C)c3[nH]c4ncccc4c3C(C)C2)ccc1F. The van der Waals surface area contributed by atoms with Crippen LogP contribution in [0.15, 0.2) is 42.7 Å². The largest absolute Gasteiger partial charge is 0.459 e. The van der Waals surface area contributed by atoms with Gasteiger partial charge in [0.25, 0.3) is 5.91 Å². The van der Waals surface area contributed by atoms with Crippen LogP contribution in [0.3, 0.4) is 0 Å². The molecule has 0 bridgehead atoms. The van der Waals surface area contributed by atoms with Gasteiger partial charge in [-0.05, 0) is 62.2 Å². The third-order valence-electron chi connectivity index (χ3n) is 5.36. The molecule has 6 nitrogen and oxygen atoms in total. The second-order valence-corrected chi connectivity index (χ2v) is 8.13. The van der Waals surface area contributed by atoms with E-state index in [0.717, 1.165) is 10.9 Å². The van der Waals surface area contributed by atoms with E-state index in [2.05, 4.69) is 9.97 Å². The van der Waals surface area contributed by atoms with Crippen LogP contribution in [0.4, 0.5) is 4.39 Å². The number of aromatic nitrogens is 2. The fourth-order valence-corrected chi connectivity index (χ4v) is 3.94. The highest BCUT2D eigenvalue weighted by Crippen LogP contribution is 2.36. The lowest BCUT2D eigenvalue weighted by molar-refractivity contribution is -0.140. The molecule has 0 fully saturated rings. The number of halogens is 1. The monoisotopic (exact) mass is 421 g/mol. The maximum atomic E-state index is 13.7. The second-order valence-electron chi connectivity index (χ2n) is 8.13. The number of H-pyrrole nitrogens is 1. The lowest BCUT2D eigenvalue weighted by Crippen LogP contribution is -2.29. The maximum Gasteiger partial charge on any atom is 0.342 e. The molecule has 1 aliphatic heterocycles. The zero-order valence-corrected chi connectivity index (χ0v) is 17.9. The minimum atomic E-state index is -0.523. The van der Waals surface area contributed by atoms with E-state index in [1.165, 1.54) is 29.3 Å². The first-order valence-electron chi connectivity index (χ1n) is 10.2. The van der Waals surface area contributed by atoms with Crippen molar-refractivity contribution in [1.29, 1.82) is 0 Å². The second kappa shape index (κ2) is 7.98. The molecule has 1 aromatic carbocycles. The van der Waals surface area contributed by atoms with Gasteiger partial charge in [0.05, 0.1) is 17.4 Å². The van der Waals surface area contributed by atoms with Crippen LogP contribution in [0, 0.1) is 12.7 Å². The summed E-state index contributed by atoms with van der Waals surface area (Å²) in [5.41, 5.74) is 3.21. The number of carbonyl (C=O) groups excluding carboxylic acids is 2. The molecule has 0 saturated carbocycles. The Morgan fingerprint density at radius 2 is 2.06 bits per heavy atom. The number of carbonyl (C=O) groups is 2. The Labute approximate surface area is 179 Å². The third kappa shape index (κ3) is 3.83. The predicted molar refractivity (Wildman–Crippen MR) is 116 cm³/mol. The molecule has 0 aliphatic carbocycles. The van der Waals surface area contributed by atoms with E-state index in [9.17, 15) is 14.0 Å². The first-order valence-corrected chi connectivity index (χ1v) is 10.2. The number of nitrogens with zero attached hydrogens (tertiary/aromatic N) is 2. The molecule has 31 heavy (non-hydrogen) atoms. The van der Waals surface area contributed by atoms with E-state index in [-0.39, 0.29) is 29.3 Å². The number of aryl methyl sites for hydroxylation is 1. The highest BCUT2D eigenvalue weighted by molar-refractivity contribution is 6.18. The number of rotatable bonds is 3. The summed E-state index contributed by atoms with van der Waals surface area (Å²) < 4.78 is 19.2. The predicted octanol–water partition coefficient (Wildman–Crippen LogP) is 4.56. The van der Waals surface area contributed by atoms with Crippen LogP contribution in [0.2, 0.25) is 0 Å². The minimum Gasteiger partial charge on any atom is -0.459 e. The van der Waals surface area contributed by atoms with Gasteiger partial charge in [-0.15, -0.1) is 0 Å². The summed E-state index contributed by atoms with van der Waals surface area (Å²) in [7, 11) is 0. The van der Waals surface area contributed by atoms with Crippen molar-refractivity contribution in [2.75, 3.05) is 6.54 Å². The van der Waals surface area contributed by atoms with Crippen LogP contribution in [0.25, 0.3) is 16.6 Å². The third-order valence-corrected chi connectivity index (χ3v) is 5.36. The highest BCUT2D eigenvalue weighted by Gasteiger charge is 2.31. The Kier molecular flexibility index (Phi) is 5.35. The van der Waals surface area contributed by atoms with Gasteiger partial charge in [0.2, 0.25) is 0 Å². The van der Waals surface area contributed by atoms with E-state index in [4.69, 9.17) is 4.74 Å². The Morgan fingerprint density at radius 1 is 1.29 bits per heavy atom. The number of ether oxygens (including phenoxy) is 1. The van der Waals surface area contributed by atoms with Crippen LogP contribution in [0.5, 0.6) is 0 Å². The number of amides is 1. The molecule has 1 amide bonds. The van der Waals surface area contributed by atoms with Gasteiger partial charge in [0.1, 0.15) is 11.5 Å². The molecule has 0 radical (unpaired) electrons. The first kappa shape index (κ1) is 20.8. The fourth-order valence-electron chi connectivity index (χ4n) is 3.94. The van der Waals surface area contributed by atoms with E-state index in [1.807, 2.05) is 19.1 Å². The van der Waals surface area contributed by atoms with Crippen LogP contribution >= 0.6 is 0 Å². The molecule has 1 unspecified atom stereocenters. The van der Waals surface area contributed by atoms with Crippen molar-refractivity contribution < 1.29 is 18.7 Å². The number of fused-ring (bicyclic) bond motifs is 3. The molecule has 160 valence electrons. The summed E-state index contributed by atoms with van der Waals surface area (Å²) in [6.07, 6.45) is 2.90. The fraction of sp³-hybridized carbons (Fsp3) is 0.292. The van der Waals surface area contributed by atoms with Gasteiger partial charge in [0, 0.05) is 35.8 Å². The Bertz CT molecular complexity index is 1210. The van der Waals surface area contributed by atoms with Crippen molar-refractivity contribution >= 4 is 28.5 Å². The number of benzene rings is 1. The molecule has 0 saturated heterocycles. The summed E-state index contributed by atoms with van der Waals surface area (Å²) in [5.74, 6) is -1.28. The summed E-state index contributed by atoms with van der Waals surface area (Å²) >= 11 is 0. The quantitative estimate of drug-likeness (QED) is 0.629. The molecular weight excluding hydrogens is 397 g/mol. The van der Waals surface area contributed by atoms with Gasteiger partial charge in [0.15, 0.2) is 0 Å². The van der Waals surface area contributed by atoms with Gasteiger partial charge in [-0.3, -0.25) is 4.79 Å². The number of hydrogen-bond acceptors (Lipinski definition) is 4. The molecule has 4 rings (SSSR count). The summed E-state index contributed by atoms with van der Waals surface area (Å²) in [4.78, 5) is 35.4. The van der Waals surface area contributed by atoms with E-state index >= 15 is 0 Å². The summed E-state index contributed by atoms with van der Waals surface area (Å²) in [6.45, 7) is 7.51. The van der Waals surface area contributed by atoms with Gasteiger partial charge in [-0.1, -0.05) is 6.92 Å². The molecule has 1 N–H and O–H groups in total. The summed E-state index contributed by atoms with van der Waals surface area (Å²) in [6, 6.07) is 8.04. The number of esters is 1. The van der Waals surface area contributed by atoms with Gasteiger partial charge >= 0.3 is 5.97 Å². The lowest BCUT2D eigenvalue weighted by atomic mass is 9.96. The van der Waals surface area contributed by atoms with Crippen LogP contribution < -0.4 is 0 Å². The number of nitrogens with one attached hydrogen (secondary N) is 1. The van der Waals surface area contributed by atoms with Crippen molar-refractivity contribution in [2.24, 2.45) is 0 Å². The van der Waals surface area contributed by atoms with Crippen LogP contribution in [-0.2, 0) is 9.53 Å². The summed E-state index contributed by atoms with van der Waals surface area (Å²) in [5, 5.41) is 0.903. The first-order chi connectivity index (χ1) is 14.8. The van der Waals surface area contributed by atoms with Crippen molar-refractivity contribution in [1.82, 2.24) is 14.9 Å². The van der Waals surface area contributed by atoms with Crippen molar-refractivity contribution in [2.45, 2.75) is 39.7 Å². The zero-order chi connectivity index (χ0) is 22.3. The van der Waals surface area contributed by atoms with Gasteiger partial charge in [-0.2, -0.15) is 0 Å². The average Bonchev–Trinajstić information content (AvgIpc) is 3.04. The average molecular weight is 421 g/mol. The Morgan fingerprint density at radius 3 is 2.77 bits per heavy atom. The topological polar surface area (TPSA) is 75.3 Å². The standard InChI is InChI=1S/C24H24FN3O3/c1-13(2)31-24(30)18-12-28(23(29)16-7-8-19(25)14(3)10-16)11-15(4)20-17-6-5-9-26-22(17)27-21(18)20/h5-10,12-13,15H,11H2,1-4H3,(H,26,27). The van der Waals surface area contributed by atoms with E-state index in [0.29, 0.717) is 29.0 Å². The maximum absolute atomic E-state index is 13.7. The van der Waals surface area contributed by atoms with Crippen molar-refractivity contribution in [3.05, 3.63) is 70.9 Å². The molecule has 2 aromatic heterocycles. The van der Waals surface area contributed by atoms with Crippen LogP contribution in [0.1, 0.15) is 53.9 Å². The van der Waals surface area contributed by atoms with Crippen molar-refractivity contribution in [3.63, 3.8) is 0 Å². The highest BCUT2D eigenvalue weighted by atomic mass is 19.1. The van der Waals surface area contributed by atoms with Crippen molar-refractivity contribution in [3.8, 4) is 0 Å². The van der Waals surface area contributed by atoms with Gasteiger partial charge < -0.3 is 14.6 Å². The van der Waals surface area contributed by atoms with E-state index in [1.54, 1.807) is 27.0 Å². The number of aromatic amines is 1. The number of hydrogen-bond donors (Lipinski definition) is 1. The molecule has 7 heteroatoms. The smallest absolute Gasteiger partial charge is 0.342 e. The Balaban J connectivity index is 1.84. The molecule has 1 atom stereocenters. The lowest BCUT2D eigenvalue weighted by Gasteiger charge is -2.21. The Hall–Kier alpha value is -3.48. The normalized spacial score (nSPS) is 16.1. The van der Waals surface area contributed by atoms with E-state index < -0.39 is 5.97 Å². The minimum absolute atomic E-state index is 0.0842.